The molecule has 0 spiro atoms. The zero-order chi connectivity index (χ0) is 17.6. The van der Waals surface area contributed by atoms with Gasteiger partial charge in [-0.25, -0.2) is 0 Å². The summed E-state index contributed by atoms with van der Waals surface area (Å²) in [6, 6.07) is 3.81. The van der Waals surface area contributed by atoms with Crippen molar-refractivity contribution in [2.75, 3.05) is 13.1 Å². The van der Waals surface area contributed by atoms with E-state index in [4.69, 9.17) is 4.42 Å². The second-order valence-corrected chi connectivity index (χ2v) is 7.53. The first-order valence-corrected chi connectivity index (χ1v) is 9.18. The topological polar surface area (TPSA) is 65.7 Å². The number of carbonyl (C=O) groups is 1. The van der Waals surface area contributed by atoms with Gasteiger partial charge in [0.2, 0.25) is 5.91 Å². The van der Waals surface area contributed by atoms with Crippen LogP contribution in [-0.2, 0) is 4.79 Å². The molecular weight excluding hydrogens is 304 g/mol. The van der Waals surface area contributed by atoms with Crippen LogP contribution in [0.2, 0.25) is 0 Å². The van der Waals surface area contributed by atoms with Gasteiger partial charge in [-0.3, -0.25) is 9.69 Å². The van der Waals surface area contributed by atoms with Crippen molar-refractivity contribution in [1.29, 1.82) is 0 Å². The molecule has 2 heterocycles. The number of aliphatic hydroxyl groups excluding tert-OH is 1. The van der Waals surface area contributed by atoms with E-state index < -0.39 is 6.10 Å². The van der Waals surface area contributed by atoms with E-state index in [0.717, 1.165) is 32.2 Å². The maximum absolute atomic E-state index is 12.4. The Kier molecular flexibility index (Phi) is 6.87. The van der Waals surface area contributed by atoms with E-state index in [1.807, 2.05) is 19.9 Å². The lowest BCUT2D eigenvalue weighted by Gasteiger charge is -2.32. The van der Waals surface area contributed by atoms with E-state index >= 15 is 0 Å². The van der Waals surface area contributed by atoms with Crippen LogP contribution in [0.15, 0.2) is 22.8 Å². The number of amides is 1. The Balaban J connectivity index is 1.97. The lowest BCUT2D eigenvalue weighted by Crippen LogP contribution is -2.49. The average molecular weight is 336 g/mol. The summed E-state index contributed by atoms with van der Waals surface area (Å²) in [6.45, 7) is 7.49. The van der Waals surface area contributed by atoms with Crippen molar-refractivity contribution in [2.45, 2.75) is 77.0 Å². The third-order valence-corrected chi connectivity index (χ3v) is 5.07. The van der Waals surface area contributed by atoms with Crippen molar-refractivity contribution in [3.05, 3.63) is 24.2 Å². The predicted octanol–water partition coefficient (Wildman–Crippen LogP) is 3.25. The minimum Gasteiger partial charge on any atom is -0.467 e. The predicted molar refractivity (Wildman–Crippen MR) is 94.6 cm³/mol. The van der Waals surface area contributed by atoms with E-state index in [9.17, 15) is 9.90 Å². The molecule has 1 fully saturated rings. The molecule has 2 rings (SSSR count). The molecule has 5 nitrogen and oxygen atoms in total. The van der Waals surface area contributed by atoms with Gasteiger partial charge in [0.15, 0.2) is 0 Å². The summed E-state index contributed by atoms with van der Waals surface area (Å²) < 4.78 is 5.32. The highest BCUT2D eigenvalue weighted by Gasteiger charge is 2.28. The molecule has 0 aliphatic carbocycles. The van der Waals surface area contributed by atoms with E-state index in [1.54, 1.807) is 12.3 Å². The van der Waals surface area contributed by atoms with Gasteiger partial charge in [0.1, 0.15) is 11.9 Å². The van der Waals surface area contributed by atoms with Crippen molar-refractivity contribution >= 4 is 5.91 Å². The third-order valence-electron chi connectivity index (χ3n) is 5.07. The summed E-state index contributed by atoms with van der Waals surface area (Å²) in [7, 11) is 0. The van der Waals surface area contributed by atoms with E-state index in [-0.39, 0.29) is 17.5 Å². The second-order valence-electron chi connectivity index (χ2n) is 7.53. The quantitative estimate of drug-likeness (QED) is 0.802. The lowest BCUT2D eigenvalue weighted by atomic mass is 10.0. The van der Waals surface area contributed by atoms with Gasteiger partial charge in [0.25, 0.3) is 0 Å². The fourth-order valence-corrected chi connectivity index (χ4v) is 3.26. The van der Waals surface area contributed by atoms with Gasteiger partial charge in [0, 0.05) is 11.6 Å². The molecule has 1 aromatic rings. The minimum absolute atomic E-state index is 0.0706. The average Bonchev–Trinajstić information content (AvgIpc) is 2.98. The first kappa shape index (κ1) is 19.0. The van der Waals surface area contributed by atoms with Crippen LogP contribution >= 0.6 is 0 Å². The van der Waals surface area contributed by atoms with Crippen LogP contribution < -0.4 is 5.32 Å². The number of hydrogen-bond acceptors (Lipinski definition) is 4. The maximum atomic E-state index is 12.4. The molecular formula is C19H32N2O3. The number of nitrogens with one attached hydrogen (secondary N) is 1. The van der Waals surface area contributed by atoms with Crippen LogP contribution in [0, 0.1) is 0 Å². The molecule has 1 aliphatic rings. The number of carbonyl (C=O) groups excluding carboxylic acids is 1. The fourth-order valence-electron chi connectivity index (χ4n) is 3.26. The van der Waals surface area contributed by atoms with Gasteiger partial charge in [-0.05, 0) is 58.2 Å². The van der Waals surface area contributed by atoms with Crippen LogP contribution in [0.3, 0.4) is 0 Å². The van der Waals surface area contributed by atoms with E-state index in [1.165, 1.54) is 6.42 Å². The van der Waals surface area contributed by atoms with E-state index in [0.29, 0.717) is 18.7 Å². The van der Waals surface area contributed by atoms with Gasteiger partial charge < -0.3 is 14.8 Å². The summed E-state index contributed by atoms with van der Waals surface area (Å²) in [6.07, 6.45) is 6.95. The number of likely N-dealkylation sites (tertiary alicyclic amines) is 1. The summed E-state index contributed by atoms with van der Waals surface area (Å²) in [5.41, 5.74) is -0.174. The first-order chi connectivity index (χ1) is 11.4. The van der Waals surface area contributed by atoms with Crippen molar-refractivity contribution < 1.29 is 14.3 Å². The molecule has 5 heteroatoms. The van der Waals surface area contributed by atoms with Gasteiger partial charge >= 0.3 is 0 Å². The standard InChI is InChI=1S/C19H32N2O3/c1-4-19(2,3)20-18(23)14-21-11-7-5-6-9-15(21)13-16(22)17-10-8-12-24-17/h8,10,12,15-16,22H,4-7,9,11,13-14H2,1-3H3,(H,20,23). The van der Waals surface area contributed by atoms with Crippen LogP contribution in [-0.4, -0.2) is 40.6 Å². The van der Waals surface area contributed by atoms with Crippen LogP contribution in [0.4, 0.5) is 0 Å². The van der Waals surface area contributed by atoms with E-state index in [2.05, 4.69) is 17.1 Å². The summed E-state index contributed by atoms with van der Waals surface area (Å²) in [5.74, 6) is 0.678. The molecule has 1 aromatic heterocycles. The minimum atomic E-state index is -0.610. The Morgan fingerprint density at radius 2 is 2.25 bits per heavy atom. The van der Waals surface area contributed by atoms with Crippen LogP contribution in [0.1, 0.15) is 71.2 Å². The third kappa shape index (κ3) is 5.64. The number of nitrogens with zero attached hydrogens (tertiary/aromatic N) is 1. The normalized spacial score (nSPS) is 21.2. The Bertz CT molecular complexity index is 499. The SMILES string of the molecule is CCC(C)(C)NC(=O)CN1CCCCCC1CC(O)c1ccco1. The lowest BCUT2D eigenvalue weighted by molar-refractivity contribution is -0.124. The highest BCUT2D eigenvalue weighted by Crippen LogP contribution is 2.26. The van der Waals surface area contributed by atoms with Crippen molar-refractivity contribution in [3.63, 3.8) is 0 Å². The fraction of sp³-hybridized carbons (Fsp3) is 0.737. The van der Waals surface area contributed by atoms with Crippen molar-refractivity contribution in [3.8, 4) is 0 Å². The van der Waals surface area contributed by atoms with Gasteiger partial charge in [-0.15, -0.1) is 0 Å². The molecule has 24 heavy (non-hydrogen) atoms. The molecule has 2 N–H and O–H groups in total. The zero-order valence-electron chi connectivity index (χ0n) is 15.3. The van der Waals surface area contributed by atoms with Crippen molar-refractivity contribution in [1.82, 2.24) is 10.2 Å². The Hall–Kier alpha value is -1.33. The Labute approximate surface area is 145 Å². The molecule has 1 aliphatic heterocycles. The number of furan rings is 1. The molecule has 136 valence electrons. The summed E-state index contributed by atoms with van der Waals surface area (Å²) in [4.78, 5) is 14.7. The van der Waals surface area contributed by atoms with Crippen LogP contribution in [0.5, 0.6) is 0 Å². The summed E-state index contributed by atoms with van der Waals surface area (Å²) in [5, 5.41) is 13.5. The number of hydrogen-bond donors (Lipinski definition) is 2. The highest BCUT2D eigenvalue weighted by atomic mass is 16.4. The molecule has 0 aromatic carbocycles. The monoisotopic (exact) mass is 336 g/mol. The number of rotatable bonds is 7. The van der Waals surface area contributed by atoms with Gasteiger partial charge in [-0.1, -0.05) is 19.8 Å². The van der Waals surface area contributed by atoms with Crippen LogP contribution in [0.25, 0.3) is 0 Å². The molecule has 0 saturated carbocycles. The second kappa shape index (κ2) is 8.67. The largest absolute Gasteiger partial charge is 0.467 e. The number of aliphatic hydroxyl groups is 1. The molecule has 1 saturated heterocycles. The first-order valence-electron chi connectivity index (χ1n) is 9.18. The highest BCUT2D eigenvalue weighted by molar-refractivity contribution is 5.78. The Morgan fingerprint density at radius 3 is 2.92 bits per heavy atom. The maximum Gasteiger partial charge on any atom is 0.234 e. The van der Waals surface area contributed by atoms with Gasteiger partial charge in [-0.2, -0.15) is 0 Å². The molecule has 0 bridgehead atoms. The Morgan fingerprint density at radius 1 is 1.46 bits per heavy atom. The summed E-state index contributed by atoms with van der Waals surface area (Å²) >= 11 is 0. The zero-order valence-corrected chi connectivity index (χ0v) is 15.3. The van der Waals surface area contributed by atoms with Gasteiger partial charge in [0.05, 0.1) is 12.8 Å². The molecule has 0 radical (unpaired) electrons. The molecule has 1 amide bonds. The smallest absolute Gasteiger partial charge is 0.234 e. The van der Waals surface area contributed by atoms with Crippen molar-refractivity contribution in [2.24, 2.45) is 0 Å². The molecule has 2 atom stereocenters. The molecule has 2 unspecified atom stereocenters.